The van der Waals surface area contributed by atoms with Crippen molar-refractivity contribution in [3.63, 3.8) is 0 Å². The molecule has 1 amide bonds. The zero-order chi connectivity index (χ0) is 33.5. The number of hydrogen-bond acceptors (Lipinski definition) is 11. The van der Waals surface area contributed by atoms with Crippen molar-refractivity contribution in [3.05, 3.63) is 84.1 Å². The molecule has 2 fully saturated rings. The lowest BCUT2D eigenvalue weighted by Gasteiger charge is -2.41. The number of rotatable bonds is 12. The number of ether oxygens (including phenoxy) is 2. The zero-order valence-electron chi connectivity index (χ0n) is 26.9. The van der Waals surface area contributed by atoms with Crippen LogP contribution in [0.5, 0.6) is 5.75 Å². The smallest absolute Gasteiger partial charge is 0.247 e. The van der Waals surface area contributed by atoms with E-state index in [1.165, 1.54) is 12.3 Å². The number of aliphatic hydroxyl groups is 1. The molecule has 6 rings (SSSR count). The molecule has 0 bridgehead atoms. The summed E-state index contributed by atoms with van der Waals surface area (Å²) >= 11 is 6.52. The van der Waals surface area contributed by atoms with E-state index in [1.54, 1.807) is 12.3 Å². The number of piperidine rings is 1. The van der Waals surface area contributed by atoms with Crippen LogP contribution in [0.1, 0.15) is 24.2 Å². The van der Waals surface area contributed by atoms with E-state index in [0.717, 1.165) is 63.7 Å². The number of morpholine rings is 1. The molecule has 2 aliphatic heterocycles. The van der Waals surface area contributed by atoms with E-state index in [4.69, 9.17) is 21.1 Å². The standard InChI is InChI=1S/C34H40ClN9O4/c1-3-32(46)38-28-19-27(23(21-45)18-29(28)44-11-8-24(9-12-44)43-14-16-47-17-15-43)40-34-37-20-25(35)33(41-34)39-26-6-4-5-7-30(26)48-22-31-36-10-13-42(31)2/h3-7,10,13,18-20,24,45H,1,8-9,11-12,14-17,21-22H2,2H3,(H,38,46)(H2,37,39,40,41). The first-order valence-corrected chi connectivity index (χ1v) is 16.3. The van der Waals surface area contributed by atoms with Crippen molar-refractivity contribution < 1.29 is 19.4 Å². The quantitative estimate of drug-likeness (QED) is 0.153. The summed E-state index contributed by atoms with van der Waals surface area (Å²) in [5, 5.41) is 20.2. The Hall–Kier alpha value is -4.69. The van der Waals surface area contributed by atoms with Gasteiger partial charge in [-0.25, -0.2) is 9.97 Å². The average Bonchev–Trinajstić information content (AvgIpc) is 3.54. The second-order valence-electron chi connectivity index (χ2n) is 11.6. The van der Waals surface area contributed by atoms with Crippen LogP contribution in [-0.2, 0) is 29.8 Å². The molecule has 2 aliphatic rings. The summed E-state index contributed by atoms with van der Waals surface area (Å²) in [4.78, 5) is 30.6. The van der Waals surface area contributed by atoms with Crippen molar-refractivity contribution in [2.75, 3.05) is 60.2 Å². The minimum atomic E-state index is -0.333. The third kappa shape index (κ3) is 7.88. The Morgan fingerprint density at radius 1 is 1.10 bits per heavy atom. The number of aryl methyl sites for hydroxylation is 1. The first kappa shape index (κ1) is 33.2. The molecule has 0 spiro atoms. The number of para-hydroxylation sites is 2. The number of aliphatic hydroxyl groups excluding tert-OH is 1. The Morgan fingerprint density at radius 3 is 2.62 bits per heavy atom. The Bertz CT molecular complexity index is 1740. The lowest BCUT2D eigenvalue weighted by atomic mass is 10.0. The fourth-order valence-corrected chi connectivity index (χ4v) is 6.11. The van der Waals surface area contributed by atoms with Crippen LogP contribution in [-0.4, -0.2) is 80.9 Å². The van der Waals surface area contributed by atoms with E-state index < -0.39 is 0 Å². The van der Waals surface area contributed by atoms with Gasteiger partial charge in [0, 0.05) is 62.9 Å². The Morgan fingerprint density at radius 2 is 1.90 bits per heavy atom. The summed E-state index contributed by atoms with van der Waals surface area (Å²) in [7, 11) is 1.91. The predicted octanol–water partition coefficient (Wildman–Crippen LogP) is 4.85. The van der Waals surface area contributed by atoms with Crippen molar-refractivity contribution in [2.24, 2.45) is 7.05 Å². The van der Waals surface area contributed by atoms with Crippen LogP contribution >= 0.6 is 11.6 Å². The second-order valence-corrected chi connectivity index (χ2v) is 12.0. The van der Waals surface area contributed by atoms with Gasteiger partial charge in [0.15, 0.2) is 5.82 Å². The van der Waals surface area contributed by atoms with E-state index in [2.05, 4.69) is 47.3 Å². The van der Waals surface area contributed by atoms with Gasteiger partial charge in [0.05, 0.1) is 43.1 Å². The van der Waals surface area contributed by atoms with E-state index in [1.807, 2.05) is 48.1 Å². The number of aromatic nitrogens is 4. The third-order valence-corrected chi connectivity index (χ3v) is 8.89. The van der Waals surface area contributed by atoms with Crippen LogP contribution in [0.2, 0.25) is 5.02 Å². The lowest BCUT2D eigenvalue weighted by molar-refractivity contribution is -0.111. The first-order valence-electron chi connectivity index (χ1n) is 15.9. The Balaban J connectivity index is 1.21. The van der Waals surface area contributed by atoms with Crippen molar-refractivity contribution >= 4 is 52.0 Å². The molecular weight excluding hydrogens is 634 g/mol. The van der Waals surface area contributed by atoms with Crippen LogP contribution < -0.4 is 25.6 Å². The number of nitrogens with zero attached hydrogens (tertiary/aromatic N) is 6. The van der Waals surface area contributed by atoms with Gasteiger partial charge in [-0.15, -0.1) is 0 Å². The highest BCUT2D eigenvalue weighted by molar-refractivity contribution is 6.33. The number of nitrogens with one attached hydrogen (secondary N) is 3. The number of anilines is 6. The van der Waals surface area contributed by atoms with E-state index in [9.17, 15) is 9.90 Å². The van der Waals surface area contributed by atoms with Gasteiger partial charge in [-0.2, -0.15) is 4.98 Å². The molecular formula is C34H40ClN9O4. The molecule has 14 heteroatoms. The Labute approximate surface area is 284 Å². The molecule has 2 saturated heterocycles. The number of benzene rings is 2. The molecule has 2 aromatic heterocycles. The predicted molar refractivity (Wildman–Crippen MR) is 186 cm³/mol. The van der Waals surface area contributed by atoms with Crippen molar-refractivity contribution in [1.82, 2.24) is 24.4 Å². The van der Waals surface area contributed by atoms with Crippen LogP contribution in [0, 0.1) is 0 Å². The third-order valence-electron chi connectivity index (χ3n) is 8.61. The molecule has 252 valence electrons. The van der Waals surface area contributed by atoms with Gasteiger partial charge in [0.1, 0.15) is 23.2 Å². The number of amides is 1. The summed E-state index contributed by atoms with van der Waals surface area (Å²) in [5.41, 5.74) is 3.25. The average molecular weight is 674 g/mol. The van der Waals surface area contributed by atoms with E-state index >= 15 is 0 Å². The summed E-state index contributed by atoms with van der Waals surface area (Å²) in [6.07, 6.45) is 8.30. The molecule has 4 N–H and O–H groups in total. The number of imidazole rings is 1. The van der Waals surface area contributed by atoms with Crippen molar-refractivity contribution in [1.29, 1.82) is 0 Å². The molecule has 13 nitrogen and oxygen atoms in total. The highest BCUT2D eigenvalue weighted by atomic mass is 35.5. The van der Waals surface area contributed by atoms with Gasteiger partial charge in [0.25, 0.3) is 0 Å². The highest BCUT2D eigenvalue weighted by Gasteiger charge is 2.28. The van der Waals surface area contributed by atoms with Crippen LogP contribution in [0.15, 0.2) is 67.6 Å². The molecule has 0 aliphatic carbocycles. The summed E-state index contributed by atoms with van der Waals surface area (Å²) < 4.78 is 13.5. The summed E-state index contributed by atoms with van der Waals surface area (Å²) in [6.45, 7) is 8.75. The zero-order valence-corrected chi connectivity index (χ0v) is 27.6. The van der Waals surface area contributed by atoms with Gasteiger partial charge < -0.3 is 40.0 Å². The number of halogens is 1. The second kappa shape index (κ2) is 15.5. The van der Waals surface area contributed by atoms with Crippen LogP contribution in [0.25, 0.3) is 0 Å². The lowest BCUT2D eigenvalue weighted by Crippen LogP contribution is -2.49. The van der Waals surface area contributed by atoms with Gasteiger partial charge in [-0.3, -0.25) is 9.69 Å². The molecule has 0 radical (unpaired) electrons. The SMILES string of the molecule is C=CC(=O)Nc1cc(Nc2ncc(Cl)c(Nc3ccccc3OCc3nccn3C)n2)c(CO)cc1N1CCC(N2CCOCC2)CC1. The van der Waals surface area contributed by atoms with E-state index in [-0.39, 0.29) is 25.1 Å². The fourth-order valence-electron chi connectivity index (χ4n) is 5.98. The minimum absolute atomic E-state index is 0.239. The molecule has 2 aromatic carbocycles. The number of hydrogen-bond donors (Lipinski definition) is 4. The van der Waals surface area contributed by atoms with Crippen molar-refractivity contribution in [3.8, 4) is 5.75 Å². The van der Waals surface area contributed by atoms with Gasteiger partial charge >= 0.3 is 0 Å². The van der Waals surface area contributed by atoms with Crippen molar-refractivity contribution in [2.45, 2.75) is 32.1 Å². The minimum Gasteiger partial charge on any atom is -0.484 e. The molecule has 0 unspecified atom stereocenters. The maximum atomic E-state index is 12.5. The molecule has 48 heavy (non-hydrogen) atoms. The summed E-state index contributed by atoms with van der Waals surface area (Å²) in [6, 6.07) is 11.7. The summed E-state index contributed by atoms with van der Waals surface area (Å²) in [5.74, 6) is 1.64. The normalized spacial score (nSPS) is 15.6. The maximum absolute atomic E-state index is 12.5. The van der Waals surface area contributed by atoms with Crippen LogP contribution in [0.3, 0.4) is 0 Å². The van der Waals surface area contributed by atoms with Gasteiger partial charge in [0.2, 0.25) is 11.9 Å². The molecule has 4 heterocycles. The maximum Gasteiger partial charge on any atom is 0.247 e. The molecule has 0 atom stereocenters. The van der Waals surface area contributed by atoms with Gasteiger partial charge in [-0.05, 0) is 43.2 Å². The monoisotopic (exact) mass is 673 g/mol. The van der Waals surface area contributed by atoms with Gasteiger partial charge in [-0.1, -0.05) is 30.3 Å². The van der Waals surface area contributed by atoms with E-state index in [0.29, 0.717) is 45.3 Å². The highest BCUT2D eigenvalue weighted by Crippen LogP contribution is 2.37. The number of carbonyl (C=O) groups excluding carboxylic acids is 1. The Kier molecular flexibility index (Phi) is 10.7. The fraction of sp³-hybridized carbons (Fsp3) is 0.353. The largest absolute Gasteiger partial charge is 0.484 e. The molecule has 4 aromatic rings. The number of carbonyl (C=O) groups is 1. The molecule has 0 saturated carbocycles. The topological polar surface area (TPSA) is 142 Å². The van der Waals surface area contributed by atoms with Crippen LogP contribution in [0.4, 0.5) is 34.5 Å². The first-order chi connectivity index (χ1) is 23.4.